The molecule has 0 radical (unpaired) electrons. The number of anilines is 2. The molecule has 0 spiro atoms. The Morgan fingerprint density at radius 2 is 1.69 bits per heavy atom. The molecule has 2 N–H and O–H groups in total. The van der Waals surface area contributed by atoms with Crippen LogP contribution in [0.5, 0.6) is 0 Å². The molecular formula is C21H15ClNO4PS. The topological polar surface area (TPSA) is 77.8 Å². The van der Waals surface area contributed by atoms with Gasteiger partial charge in [-0.3, -0.25) is 0 Å². The summed E-state index contributed by atoms with van der Waals surface area (Å²) in [6.07, 6.45) is 0.883. The lowest BCUT2D eigenvalue weighted by molar-refractivity contribution is 0.0651. The molecule has 1 heterocycles. The maximum atomic E-state index is 11.5. The molecule has 4 rings (SSSR count). The second-order valence-corrected chi connectivity index (χ2v) is 9.47. The lowest BCUT2D eigenvalue weighted by atomic mass is 9.98. The van der Waals surface area contributed by atoms with Crippen molar-refractivity contribution in [3.05, 3.63) is 76.8 Å². The standard InChI is InChI=1S/C21H15ClNO4PS/c22-17-10-18-19(29-28-11-23(18)13-4-2-1-3-5-13)9-15(17)12-6-7-14(20(24)25)16(8-12)21(26)27/h1-10,28H,11H2,(H,24,25)(H,26,27). The molecule has 146 valence electrons. The molecule has 5 nitrogen and oxygen atoms in total. The normalized spacial score (nSPS) is 13.9. The zero-order valence-corrected chi connectivity index (χ0v) is 17.5. The molecule has 1 unspecified atom stereocenters. The first-order valence-electron chi connectivity index (χ1n) is 8.62. The Morgan fingerprint density at radius 3 is 2.38 bits per heavy atom. The zero-order valence-electron chi connectivity index (χ0n) is 14.9. The van der Waals surface area contributed by atoms with Crippen molar-refractivity contribution >= 4 is 54.1 Å². The Kier molecular flexibility index (Phi) is 5.50. The molecule has 0 fully saturated rings. The van der Waals surface area contributed by atoms with Crippen LogP contribution in [0.2, 0.25) is 5.02 Å². The quantitative estimate of drug-likeness (QED) is 0.467. The first-order valence-corrected chi connectivity index (χ1v) is 11.7. The summed E-state index contributed by atoms with van der Waals surface area (Å²) in [5.74, 6) is -2.56. The lowest BCUT2D eigenvalue weighted by Crippen LogP contribution is -2.18. The number of para-hydroxylation sites is 1. The maximum absolute atomic E-state index is 11.5. The number of nitrogens with zero attached hydrogens (tertiary/aromatic N) is 1. The highest BCUT2D eigenvalue weighted by molar-refractivity contribution is 8.49. The van der Waals surface area contributed by atoms with E-state index in [9.17, 15) is 19.8 Å². The van der Waals surface area contributed by atoms with Crippen LogP contribution in [0.15, 0.2) is 65.6 Å². The van der Waals surface area contributed by atoms with Gasteiger partial charge in [-0.1, -0.05) is 47.2 Å². The molecule has 0 aliphatic carbocycles. The predicted octanol–water partition coefficient (Wildman–Crippen LogP) is 6.20. The van der Waals surface area contributed by atoms with Gasteiger partial charge >= 0.3 is 11.9 Å². The van der Waals surface area contributed by atoms with Gasteiger partial charge in [-0.05, 0) is 49.7 Å². The Morgan fingerprint density at radius 1 is 0.966 bits per heavy atom. The number of hydrogen-bond donors (Lipinski definition) is 2. The Bertz CT molecular complexity index is 1120. The van der Waals surface area contributed by atoms with Gasteiger partial charge in [0.15, 0.2) is 0 Å². The number of carboxylic acid groups (broad SMARTS) is 2. The van der Waals surface area contributed by atoms with Crippen molar-refractivity contribution in [1.29, 1.82) is 0 Å². The van der Waals surface area contributed by atoms with Crippen LogP contribution in [-0.2, 0) is 0 Å². The van der Waals surface area contributed by atoms with Crippen LogP contribution in [0.25, 0.3) is 11.1 Å². The summed E-state index contributed by atoms with van der Waals surface area (Å²) in [5.41, 5.74) is 2.84. The molecule has 29 heavy (non-hydrogen) atoms. The van der Waals surface area contributed by atoms with E-state index in [2.05, 4.69) is 17.0 Å². The zero-order chi connectivity index (χ0) is 20.5. The smallest absolute Gasteiger partial charge is 0.336 e. The van der Waals surface area contributed by atoms with Crippen LogP contribution in [0, 0.1) is 0 Å². The fourth-order valence-corrected chi connectivity index (χ4v) is 6.19. The second kappa shape index (κ2) is 8.07. The van der Waals surface area contributed by atoms with Crippen LogP contribution in [0.4, 0.5) is 11.4 Å². The van der Waals surface area contributed by atoms with Crippen molar-refractivity contribution in [3.8, 4) is 11.1 Å². The van der Waals surface area contributed by atoms with Crippen molar-refractivity contribution in [3.63, 3.8) is 0 Å². The molecule has 1 aliphatic heterocycles. The maximum Gasteiger partial charge on any atom is 0.336 e. The Balaban J connectivity index is 1.81. The number of hydrogen-bond acceptors (Lipinski definition) is 4. The minimum atomic E-state index is -1.29. The van der Waals surface area contributed by atoms with E-state index in [1.165, 1.54) is 12.1 Å². The van der Waals surface area contributed by atoms with Gasteiger partial charge in [0.1, 0.15) is 0 Å². The molecule has 0 aromatic heterocycles. The fourth-order valence-electron chi connectivity index (χ4n) is 3.23. The molecule has 1 atom stereocenters. The minimum absolute atomic E-state index is 0.249. The summed E-state index contributed by atoms with van der Waals surface area (Å²) in [4.78, 5) is 26.1. The first-order chi connectivity index (χ1) is 14.0. The van der Waals surface area contributed by atoms with Crippen LogP contribution in [0.1, 0.15) is 20.7 Å². The third kappa shape index (κ3) is 3.84. The molecule has 3 aromatic carbocycles. The van der Waals surface area contributed by atoms with Gasteiger partial charge < -0.3 is 15.1 Å². The first kappa shape index (κ1) is 19.8. The highest BCUT2D eigenvalue weighted by Crippen LogP contribution is 2.52. The molecular weight excluding hydrogens is 429 g/mol. The molecule has 0 saturated heterocycles. The van der Waals surface area contributed by atoms with Gasteiger partial charge in [0.25, 0.3) is 0 Å². The number of benzene rings is 3. The highest BCUT2D eigenvalue weighted by atomic mass is 35.5. The molecule has 0 amide bonds. The summed E-state index contributed by atoms with van der Waals surface area (Å²) in [7, 11) is 0.641. The van der Waals surface area contributed by atoms with E-state index < -0.39 is 11.9 Å². The average molecular weight is 444 g/mol. The number of carbonyl (C=O) groups is 2. The largest absolute Gasteiger partial charge is 0.478 e. The van der Waals surface area contributed by atoms with Crippen molar-refractivity contribution in [2.45, 2.75) is 4.90 Å². The van der Waals surface area contributed by atoms with Crippen LogP contribution in [0.3, 0.4) is 0 Å². The SMILES string of the molecule is O=C(O)c1ccc(-c2cc3c(cc2Cl)N(c2ccccc2)CPS3)cc1C(=O)O. The molecule has 0 saturated carbocycles. The summed E-state index contributed by atoms with van der Waals surface area (Å²) in [6.45, 7) is 0. The van der Waals surface area contributed by atoms with Crippen LogP contribution < -0.4 is 4.90 Å². The van der Waals surface area contributed by atoms with E-state index >= 15 is 0 Å². The number of rotatable bonds is 4. The van der Waals surface area contributed by atoms with E-state index in [1.807, 2.05) is 30.3 Å². The van der Waals surface area contributed by atoms with Gasteiger partial charge in [-0.2, -0.15) is 0 Å². The summed E-state index contributed by atoms with van der Waals surface area (Å²) >= 11 is 8.33. The Hall–Kier alpha value is -2.53. The van der Waals surface area contributed by atoms with Crippen molar-refractivity contribution in [2.24, 2.45) is 0 Å². The molecule has 8 heteroatoms. The van der Waals surface area contributed by atoms with Gasteiger partial charge in [0.2, 0.25) is 0 Å². The van der Waals surface area contributed by atoms with E-state index in [0.717, 1.165) is 22.6 Å². The van der Waals surface area contributed by atoms with Crippen LogP contribution >= 0.6 is 30.8 Å². The number of carboxylic acids is 2. The number of aromatic carboxylic acids is 2. The number of halogens is 1. The summed E-state index contributed by atoms with van der Waals surface area (Å²) in [6, 6.07) is 18.2. The van der Waals surface area contributed by atoms with Crippen LogP contribution in [-0.4, -0.2) is 28.4 Å². The lowest BCUT2D eigenvalue weighted by Gasteiger charge is -2.31. The molecule has 3 aromatic rings. The van der Waals surface area contributed by atoms with E-state index in [4.69, 9.17) is 11.6 Å². The highest BCUT2D eigenvalue weighted by Gasteiger charge is 2.23. The molecule has 1 aliphatic rings. The fraction of sp³-hybridized carbons (Fsp3) is 0.0476. The summed E-state index contributed by atoms with van der Waals surface area (Å²) in [5, 5.41) is 19.1. The summed E-state index contributed by atoms with van der Waals surface area (Å²) < 4.78 is 0. The van der Waals surface area contributed by atoms with E-state index in [0.29, 0.717) is 23.9 Å². The van der Waals surface area contributed by atoms with Crippen molar-refractivity contribution < 1.29 is 19.8 Å². The van der Waals surface area contributed by atoms with Gasteiger partial charge in [-0.15, -0.1) is 0 Å². The van der Waals surface area contributed by atoms with Gasteiger partial charge in [-0.25, -0.2) is 9.59 Å². The molecule has 0 bridgehead atoms. The monoisotopic (exact) mass is 443 g/mol. The van der Waals surface area contributed by atoms with Crippen molar-refractivity contribution in [2.75, 3.05) is 11.2 Å². The van der Waals surface area contributed by atoms with Gasteiger partial charge in [0.05, 0.1) is 21.8 Å². The minimum Gasteiger partial charge on any atom is -0.478 e. The third-order valence-corrected chi connectivity index (χ3v) is 7.53. The number of fused-ring (bicyclic) bond motifs is 1. The third-order valence-electron chi connectivity index (χ3n) is 4.60. The van der Waals surface area contributed by atoms with Gasteiger partial charge in [0, 0.05) is 22.4 Å². The van der Waals surface area contributed by atoms with Crippen molar-refractivity contribution in [1.82, 2.24) is 0 Å². The van der Waals surface area contributed by atoms with E-state index in [1.54, 1.807) is 17.4 Å². The average Bonchev–Trinajstić information content (AvgIpc) is 2.73. The predicted molar refractivity (Wildman–Crippen MR) is 118 cm³/mol. The second-order valence-electron chi connectivity index (χ2n) is 6.34. The Labute approximate surface area is 177 Å². The van der Waals surface area contributed by atoms with E-state index in [-0.39, 0.29) is 11.1 Å².